The molecule has 2 heteroatoms. The lowest BCUT2D eigenvalue weighted by Gasteiger charge is -2.13. The number of benzene rings is 1. The van der Waals surface area contributed by atoms with Crippen LogP contribution in [0.4, 0.5) is 4.39 Å². The molecular formula is C16H24FN. The Morgan fingerprint density at radius 2 is 2.17 bits per heavy atom. The predicted octanol–water partition coefficient (Wildman–Crippen LogP) is 3.84. The Morgan fingerprint density at radius 1 is 1.33 bits per heavy atom. The predicted molar refractivity (Wildman–Crippen MR) is 74.3 cm³/mol. The Balaban J connectivity index is 1.75. The number of halogens is 1. The lowest BCUT2D eigenvalue weighted by atomic mass is 10.0. The first-order chi connectivity index (χ1) is 8.69. The van der Waals surface area contributed by atoms with Crippen molar-refractivity contribution < 1.29 is 4.39 Å². The monoisotopic (exact) mass is 249 g/mol. The van der Waals surface area contributed by atoms with Crippen molar-refractivity contribution in [3.8, 4) is 0 Å². The van der Waals surface area contributed by atoms with Crippen molar-refractivity contribution in [1.82, 2.24) is 5.32 Å². The van der Waals surface area contributed by atoms with Crippen LogP contribution in [0, 0.1) is 18.7 Å². The Labute approximate surface area is 110 Å². The number of hydrogen-bond donors (Lipinski definition) is 1. The largest absolute Gasteiger partial charge is 0.314 e. The molecule has 0 radical (unpaired) electrons. The van der Waals surface area contributed by atoms with Crippen LogP contribution in [0.15, 0.2) is 18.2 Å². The van der Waals surface area contributed by atoms with Gasteiger partial charge in [0, 0.05) is 6.04 Å². The van der Waals surface area contributed by atoms with Gasteiger partial charge >= 0.3 is 0 Å². The van der Waals surface area contributed by atoms with E-state index in [9.17, 15) is 4.39 Å². The minimum absolute atomic E-state index is 0.134. The van der Waals surface area contributed by atoms with Gasteiger partial charge in [-0.05, 0) is 68.3 Å². The smallest absolute Gasteiger partial charge is 0.123 e. The van der Waals surface area contributed by atoms with Crippen LogP contribution in [0.5, 0.6) is 0 Å². The van der Waals surface area contributed by atoms with Crippen LogP contribution < -0.4 is 5.32 Å². The molecular weight excluding hydrogens is 225 g/mol. The molecule has 1 saturated carbocycles. The van der Waals surface area contributed by atoms with Gasteiger partial charge in [-0.15, -0.1) is 0 Å². The van der Waals surface area contributed by atoms with Crippen molar-refractivity contribution in [3.05, 3.63) is 35.1 Å². The zero-order valence-electron chi connectivity index (χ0n) is 11.5. The summed E-state index contributed by atoms with van der Waals surface area (Å²) in [6.07, 6.45) is 6.35. The molecule has 0 aliphatic heterocycles. The average Bonchev–Trinajstić information content (AvgIpc) is 2.80. The summed E-state index contributed by atoms with van der Waals surface area (Å²) in [6, 6.07) is 5.80. The number of aryl methyl sites for hydroxylation is 1. The van der Waals surface area contributed by atoms with Gasteiger partial charge in [0.1, 0.15) is 5.82 Å². The second kappa shape index (κ2) is 6.33. The van der Waals surface area contributed by atoms with Crippen LogP contribution in [-0.2, 0) is 6.42 Å². The molecule has 1 aromatic rings. The summed E-state index contributed by atoms with van der Waals surface area (Å²) in [5, 5.41) is 3.64. The Bertz CT molecular complexity index is 389. The van der Waals surface area contributed by atoms with E-state index in [1.54, 1.807) is 12.1 Å². The van der Waals surface area contributed by atoms with Gasteiger partial charge in [-0.2, -0.15) is 0 Å². The summed E-state index contributed by atoms with van der Waals surface area (Å²) in [5.74, 6) is 0.792. The van der Waals surface area contributed by atoms with E-state index in [1.807, 2.05) is 13.0 Å². The molecule has 1 nitrogen and oxygen atoms in total. The molecule has 100 valence electrons. The normalized spacial score (nSPS) is 23.5. The summed E-state index contributed by atoms with van der Waals surface area (Å²) in [5.41, 5.74) is 2.32. The fourth-order valence-corrected chi connectivity index (χ4v) is 2.98. The third kappa shape index (κ3) is 3.55. The molecule has 18 heavy (non-hydrogen) atoms. The molecule has 0 saturated heterocycles. The Kier molecular flexibility index (Phi) is 4.76. The minimum atomic E-state index is -0.134. The molecule has 0 amide bonds. The lowest BCUT2D eigenvalue weighted by Crippen LogP contribution is -2.28. The maximum Gasteiger partial charge on any atom is 0.123 e. The number of nitrogens with one attached hydrogen (secondary N) is 1. The lowest BCUT2D eigenvalue weighted by molar-refractivity contribution is 0.479. The highest BCUT2D eigenvalue weighted by Crippen LogP contribution is 2.27. The van der Waals surface area contributed by atoms with Gasteiger partial charge < -0.3 is 5.32 Å². The second-order valence-electron chi connectivity index (χ2n) is 5.56. The van der Waals surface area contributed by atoms with Crippen LogP contribution in [0.25, 0.3) is 0 Å². The van der Waals surface area contributed by atoms with Crippen LogP contribution in [0.3, 0.4) is 0 Å². The molecule has 0 spiro atoms. The van der Waals surface area contributed by atoms with Crippen molar-refractivity contribution in [2.24, 2.45) is 5.92 Å². The quantitative estimate of drug-likeness (QED) is 0.836. The van der Waals surface area contributed by atoms with Crippen LogP contribution in [-0.4, -0.2) is 12.6 Å². The molecule has 2 atom stereocenters. The molecule has 1 fully saturated rings. The molecule has 1 N–H and O–H groups in total. The first kappa shape index (κ1) is 13.5. The first-order valence-corrected chi connectivity index (χ1v) is 7.17. The highest BCUT2D eigenvalue weighted by Gasteiger charge is 2.22. The maximum atomic E-state index is 13.0. The van der Waals surface area contributed by atoms with Crippen molar-refractivity contribution in [3.63, 3.8) is 0 Å². The van der Waals surface area contributed by atoms with E-state index in [-0.39, 0.29) is 5.82 Å². The molecule has 1 aliphatic carbocycles. The molecule has 0 aromatic heterocycles. The third-order valence-corrected chi connectivity index (χ3v) is 4.25. The average molecular weight is 249 g/mol. The zero-order chi connectivity index (χ0) is 13.0. The van der Waals surface area contributed by atoms with E-state index in [0.717, 1.165) is 24.4 Å². The first-order valence-electron chi connectivity index (χ1n) is 7.17. The molecule has 0 bridgehead atoms. The van der Waals surface area contributed by atoms with Crippen molar-refractivity contribution in [2.75, 3.05) is 6.54 Å². The van der Waals surface area contributed by atoms with Gasteiger partial charge in [0.15, 0.2) is 0 Å². The van der Waals surface area contributed by atoms with Crippen molar-refractivity contribution >= 4 is 0 Å². The van der Waals surface area contributed by atoms with Gasteiger partial charge in [-0.25, -0.2) is 4.39 Å². The highest BCUT2D eigenvalue weighted by atomic mass is 19.1. The van der Waals surface area contributed by atoms with E-state index in [0.29, 0.717) is 6.04 Å². The van der Waals surface area contributed by atoms with E-state index >= 15 is 0 Å². The summed E-state index contributed by atoms with van der Waals surface area (Å²) < 4.78 is 13.0. The van der Waals surface area contributed by atoms with E-state index in [1.165, 1.54) is 31.2 Å². The van der Waals surface area contributed by atoms with E-state index in [2.05, 4.69) is 12.2 Å². The second-order valence-corrected chi connectivity index (χ2v) is 5.56. The van der Waals surface area contributed by atoms with Gasteiger partial charge in [0.05, 0.1) is 0 Å². The zero-order valence-corrected chi connectivity index (χ0v) is 11.5. The SMILES string of the molecule is CCC1CCC(NCCc2ccc(F)cc2C)C1. The Morgan fingerprint density at radius 3 is 2.83 bits per heavy atom. The fraction of sp³-hybridized carbons (Fsp3) is 0.625. The van der Waals surface area contributed by atoms with Gasteiger partial charge in [-0.1, -0.05) is 19.4 Å². The van der Waals surface area contributed by atoms with E-state index < -0.39 is 0 Å². The number of rotatable bonds is 5. The van der Waals surface area contributed by atoms with Crippen LogP contribution >= 0.6 is 0 Å². The van der Waals surface area contributed by atoms with Crippen LogP contribution in [0.2, 0.25) is 0 Å². The van der Waals surface area contributed by atoms with Crippen molar-refractivity contribution in [1.29, 1.82) is 0 Å². The third-order valence-electron chi connectivity index (χ3n) is 4.25. The molecule has 1 aromatic carbocycles. The standard InChI is InChI=1S/C16H24FN/c1-3-13-4-7-16(11-13)18-9-8-14-5-6-15(17)10-12(14)2/h5-6,10,13,16,18H,3-4,7-9,11H2,1-2H3. The summed E-state index contributed by atoms with van der Waals surface area (Å²) in [4.78, 5) is 0. The molecule has 2 rings (SSSR count). The summed E-state index contributed by atoms with van der Waals surface area (Å²) >= 11 is 0. The maximum absolute atomic E-state index is 13.0. The van der Waals surface area contributed by atoms with Crippen LogP contribution in [0.1, 0.15) is 43.7 Å². The fourth-order valence-electron chi connectivity index (χ4n) is 2.98. The highest BCUT2D eigenvalue weighted by molar-refractivity contribution is 5.26. The van der Waals surface area contributed by atoms with Gasteiger partial charge in [-0.3, -0.25) is 0 Å². The molecule has 0 heterocycles. The van der Waals surface area contributed by atoms with Crippen molar-refractivity contribution in [2.45, 2.75) is 52.0 Å². The van der Waals surface area contributed by atoms with Gasteiger partial charge in [0.2, 0.25) is 0 Å². The summed E-state index contributed by atoms with van der Waals surface area (Å²) in [7, 11) is 0. The Hall–Kier alpha value is -0.890. The summed E-state index contributed by atoms with van der Waals surface area (Å²) in [6.45, 7) is 5.28. The van der Waals surface area contributed by atoms with Gasteiger partial charge in [0.25, 0.3) is 0 Å². The molecule has 1 aliphatic rings. The minimum Gasteiger partial charge on any atom is -0.314 e. The molecule has 2 unspecified atom stereocenters. The van der Waals surface area contributed by atoms with E-state index in [4.69, 9.17) is 0 Å². The number of hydrogen-bond acceptors (Lipinski definition) is 1. The topological polar surface area (TPSA) is 12.0 Å².